The number of benzene rings is 2. The van der Waals surface area contributed by atoms with Gasteiger partial charge < -0.3 is 5.32 Å². The maximum Gasteiger partial charge on any atom is 0.282 e. The summed E-state index contributed by atoms with van der Waals surface area (Å²) in [6.45, 7) is 3.92. The maximum absolute atomic E-state index is 14.3. The number of amides is 2. The van der Waals surface area contributed by atoms with E-state index < -0.39 is 17.6 Å². The van der Waals surface area contributed by atoms with Gasteiger partial charge in [-0.3, -0.25) is 9.59 Å². The predicted octanol–water partition coefficient (Wildman–Crippen LogP) is 4.90. The van der Waals surface area contributed by atoms with Crippen LogP contribution in [0.25, 0.3) is 5.57 Å². The summed E-state index contributed by atoms with van der Waals surface area (Å²) in [4.78, 5) is 27.9. The zero-order valence-corrected chi connectivity index (χ0v) is 16.1. The monoisotopic (exact) mass is 392 g/mol. The van der Waals surface area contributed by atoms with Gasteiger partial charge in [0.25, 0.3) is 11.8 Å². The van der Waals surface area contributed by atoms with E-state index >= 15 is 0 Å². The number of nitrogens with one attached hydrogen (secondary N) is 1. The lowest BCUT2D eigenvalue weighted by atomic mass is 10.1. The fraction of sp³-hybridized carbons (Fsp3) is 0.0909. The second-order valence-electron chi connectivity index (χ2n) is 6.63. The normalized spacial score (nSPS) is 14.2. The first-order chi connectivity index (χ1) is 13.5. The summed E-state index contributed by atoms with van der Waals surface area (Å²) < 4.78 is 14.3. The van der Waals surface area contributed by atoms with Gasteiger partial charge in [-0.25, -0.2) is 9.29 Å². The summed E-state index contributed by atoms with van der Waals surface area (Å²) in [6.07, 6.45) is 0. The van der Waals surface area contributed by atoms with Crippen LogP contribution < -0.4 is 10.2 Å². The van der Waals surface area contributed by atoms with Crippen LogP contribution in [0, 0.1) is 19.7 Å². The van der Waals surface area contributed by atoms with E-state index in [1.165, 1.54) is 29.5 Å². The number of nitrogens with zero attached hydrogens (tertiary/aromatic N) is 1. The van der Waals surface area contributed by atoms with Crippen molar-refractivity contribution in [3.63, 3.8) is 0 Å². The van der Waals surface area contributed by atoms with Crippen LogP contribution in [0.1, 0.15) is 16.0 Å². The fourth-order valence-electron chi connectivity index (χ4n) is 3.34. The lowest BCUT2D eigenvalue weighted by Gasteiger charge is -2.16. The Hall–Kier alpha value is -3.25. The third-order valence-corrected chi connectivity index (χ3v) is 5.32. The Bertz CT molecular complexity index is 1100. The Balaban J connectivity index is 1.83. The number of carbonyl (C=O) groups excluding carboxylic acids is 2. The van der Waals surface area contributed by atoms with Gasteiger partial charge in [-0.2, -0.15) is 0 Å². The molecule has 3 aromatic rings. The van der Waals surface area contributed by atoms with Crippen molar-refractivity contribution in [1.82, 2.24) is 0 Å². The number of carbonyl (C=O) groups is 2. The molecule has 140 valence electrons. The quantitative estimate of drug-likeness (QED) is 0.643. The molecular weight excluding hydrogens is 375 g/mol. The van der Waals surface area contributed by atoms with E-state index in [2.05, 4.69) is 5.32 Å². The van der Waals surface area contributed by atoms with Crippen molar-refractivity contribution in [1.29, 1.82) is 0 Å². The number of imide groups is 1. The van der Waals surface area contributed by atoms with Crippen LogP contribution in [-0.4, -0.2) is 11.8 Å². The van der Waals surface area contributed by atoms with Crippen molar-refractivity contribution < 1.29 is 14.0 Å². The van der Waals surface area contributed by atoms with Gasteiger partial charge in [0.15, 0.2) is 0 Å². The fourth-order valence-corrected chi connectivity index (χ4v) is 4.11. The first-order valence-electron chi connectivity index (χ1n) is 8.72. The predicted molar refractivity (Wildman–Crippen MR) is 110 cm³/mol. The Morgan fingerprint density at radius 3 is 2.29 bits per heavy atom. The first kappa shape index (κ1) is 18.1. The van der Waals surface area contributed by atoms with Crippen LogP contribution in [0.2, 0.25) is 0 Å². The van der Waals surface area contributed by atoms with E-state index in [9.17, 15) is 14.0 Å². The van der Waals surface area contributed by atoms with E-state index in [1.54, 1.807) is 12.1 Å². The van der Waals surface area contributed by atoms with E-state index in [1.807, 2.05) is 43.5 Å². The lowest BCUT2D eigenvalue weighted by molar-refractivity contribution is -0.120. The van der Waals surface area contributed by atoms with Crippen LogP contribution in [0.5, 0.6) is 0 Å². The third-order valence-electron chi connectivity index (χ3n) is 4.44. The molecule has 2 aromatic carbocycles. The summed E-state index contributed by atoms with van der Waals surface area (Å²) in [5, 5.41) is 4.95. The molecule has 28 heavy (non-hydrogen) atoms. The number of anilines is 2. The Morgan fingerprint density at radius 2 is 1.64 bits per heavy atom. The summed E-state index contributed by atoms with van der Waals surface area (Å²) in [6, 6.07) is 15.2. The molecule has 1 aliphatic rings. The Labute approximate surface area is 165 Å². The van der Waals surface area contributed by atoms with Crippen molar-refractivity contribution in [2.75, 3.05) is 10.2 Å². The molecule has 0 bridgehead atoms. The molecule has 2 heterocycles. The van der Waals surface area contributed by atoms with Gasteiger partial charge >= 0.3 is 0 Å². The number of para-hydroxylation sites is 1. The molecule has 1 N–H and O–H groups in total. The van der Waals surface area contributed by atoms with E-state index in [0.29, 0.717) is 10.6 Å². The van der Waals surface area contributed by atoms with Gasteiger partial charge in [-0.05, 0) is 60.7 Å². The minimum absolute atomic E-state index is 0.0521. The maximum atomic E-state index is 14.3. The van der Waals surface area contributed by atoms with Crippen molar-refractivity contribution in [2.45, 2.75) is 13.8 Å². The highest BCUT2D eigenvalue weighted by Gasteiger charge is 2.41. The summed E-state index contributed by atoms with van der Waals surface area (Å²) in [7, 11) is 0. The van der Waals surface area contributed by atoms with Crippen molar-refractivity contribution >= 4 is 40.1 Å². The average molecular weight is 392 g/mol. The number of thiophene rings is 1. The third kappa shape index (κ3) is 3.12. The van der Waals surface area contributed by atoms with E-state index in [-0.39, 0.29) is 17.0 Å². The summed E-state index contributed by atoms with van der Waals surface area (Å²) >= 11 is 1.36. The number of aryl methyl sites for hydroxylation is 2. The highest BCUT2D eigenvalue weighted by atomic mass is 32.1. The molecular formula is C22H17FN2O2S. The van der Waals surface area contributed by atoms with Crippen LogP contribution in [0.4, 0.5) is 15.8 Å². The SMILES string of the molecule is Cc1cc(C)cc(NC2=C(c3cccs3)C(=O)N(c3ccccc3F)C2=O)c1. The number of halogens is 1. The zero-order valence-electron chi connectivity index (χ0n) is 15.3. The first-order valence-corrected chi connectivity index (χ1v) is 9.60. The molecule has 6 heteroatoms. The standard InChI is InChI=1S/C22H17FN2O2S/c1-13-10-14(2)12-15(11-13)24-20-19(18-8-5-9-28-18)21(26)25(22(20)27)17-7-4-3-6-16(17)23/h3-12,24H,1-2H3. The van der Waals surface area contributed by atoms with Gasteiger partial charge in [0.1, 0.15) is 11.5 Å². The number of hydrogen-bond donors (Lipinski definition) is 1. The van der Waals surface area contributed by atoms with E-state index in [4.69, 9.17) is 0 Å². The average Bonchev–Trinajstić information content (AvgIpc) is 3.23. The molecule has 4 nitrogen and oxygen atoms in total. The topological polar surface area (TPSA) is 49.4 Å². The van der Waals surface area contributed by atoms with Gasteiger partial charge in [0.2, 0.25) is 0 Å². The molecule has 0 saturated carbocycles. The van der Waals surface area contributed by atoms with Crippen LogP contribution in [-0.2, 0) is 9.59 Å². The largest absolute Gasteiger partial charge is 0.350 e. The van der Waals surface area contributed by atoms with Gasteiger partial charge in [0, 0.05) is 10.6 Å². The van der Waals surface area contributed by atoms with Gasteiger partial charge in [-0.1, -0.05) is 24.3 Å². The smallest absolute Gasteiger partial charge is 0.282 e. The van der Waals surface area contributed by atoms with Crippen molar-refractivity contribution in [2.24, 2.45) is 0 Å². The summed E-state index contributed by atoms with van der Waals surface area (Å²) in [5.41, 5.74) is 3.12. The second kappa shape index (κ2) is 7.05. The molecule has 2 amide bonds. The van der Waals surface area contributed by atoms with Crippen molar-refractivity contribution in [3.05, 3.63) is 87.5 Å². The highest BCUT2D eigenvalue weighted by Crippen LogP contribution is 2.36. The molecule has 0 unspecified atom stereocenters. The molecule has 4 rings (SSSR count). The van der Waals surface area contributed by atoms with Crippen LogP contribution >= 0.6 is 11.3 Å². The zero-order chi connectivity index (χ0) is 19.8. The summed E-state index contributed by atoms with van der Waals surface area (Å²) in [5.74, 6) is -1.73. The molecule has 0 atom stereocenters. The van der Waals surface area contributed by atoms with Crippen LogP contribution in [0.3, 0.4) is 0 Å². The Kier molecular flexibility index (Phi) is 4.57. The van der Waals surface area contributed by atoms with Gasteiger partial charge in [-0.15, -0.1) is 11.3 Å². The Morgan fingerprint density at radius 1 is 0.929 bits per heavy atom. The van der Waals surface area contributed by atoms with E-state index in [0.717, 1.165) is 16.0 Å². The van der Waals surface area contributed by atoms with Crippen molar-refractivity contribution in [3.8, 4) is 0 Å². The molecule has 0 radical (unpaired) electrons. The number of hydrogen-bond acceptors (Lipinski definition) is 4. The lowest BCUT2D eigenvalue weighted by Crippen LogP contribution is -2.33. The van der Waals surface area contributed by atoms with Gasteiger partial charge in [0.05, 0.1) is 11.3 Å². The molecule has 1 aromatic heterocycles. The minimum Gasteiger partial charge on any atom is -0.350 e. The minimum atomic E-state index is -0.623. The van der Waals surface area contributed by atoms with Crippen LogP contribution in [0.15, 0.2) is 65.7 Å². The molecule has 0 saturated heterocycles. The molecule has 0 fully saturated rings. The second-order valence-corrected chi connectivity index (χ2v) is 7.57. The molecule has 1 aliphatic heterocycles. The molecule has 0 spiro atoms. The number of rotatable bonds is 4. The highest BCUT2D eigenvalue weighted by molar-refractivity contribution is 7.11. The molecule has 0 aliphatic carbocycles.